The van der Waals surface area contributed by atoms with Crippen molar-refractivity contribution in [1.29, 1.82) is 0 Å². The minimum Gasteiger partial charge on any atom is -0.289 e. The van der Waals surface area contributed by atoms with Crippen molar-refractivity contribution >= 4 is 33.9 Å². The number of allylic oxidation sites excluding steroid dienone is 1. The molecule has 0 saturated heterocycles. The van der Waals surface area contributed by atoms with E-state index in [1.165, 1.54) is 17.1 Å². The van der Waals surface area contributed by atoms with E-state index < -0.39 is 33.8 Å². The molecule has 3 amide bonds. The van der Waals surface area contributed by atoms with E-state index in [4.69, 9.17) is 4.55 Å². The van der Waals surface area contributed by atoms with E-state index in [0.29, 0.717) is 19.4 Å². The van der Waals surface area contributed by atoms with Gasteiger partial charge in [0.05, 0.1) is 16.7 Å². The summed E-state index contributed by atoms with van der Waals surface area (Å²) in [6.07, 6.45) is 8.52. The molecule has 2 aromatic carbocycles. The van der Waals surface area contributed by atoms with E-state index in [0.717, 1.165) is 16.7 Å². The number of hydrazine groups is 1. The monoisotopic (exact) mass is 680 g/mol. The van der Waals surface area contributed by atoms with Crippen LogP contribution in [0.3, 0.4) is 0 Å². The molecule has 3 aromatic rings. The summed E-state index contributed by atoms with van der Waals surface area (Å²) in [7, 11) is -4.02. The van der Waals surface area contributed by atoms with Crippen LogP contribution >= 0.6 is 0 Å². The Morgan fingerprint density at radius 1 is 0.896 bits per heavy atom. The summed E-state index contributed by atoms with van der Waals surface area (Å²) >= 11 is 0. The molecule has 1 heterocycles. The molecule has 0 aliphatic heterocycles. The highest BCUT2D eigenvalue weighted by Gasteiger charge is 2.35. The van der Waals surface area contributed by atoms with Crippen LogP contribution in [-0.2, 0) is 30.9 Å². The molecule has 0 aliphatic carbocycles. The summed E-state index contributed by atoms with van der Waals surface area (Å²) in [5.41, 5.74) is 7.40. The van der Waals surface area contributed by atoms with Crippen LogP contribution in [0.2, 0.25) is 0 Å². The van der Waals surface area contributed by atoms with Gasteiger partial charge >= 0.3 is 0 Å². The lowest BCUT2D eigenvalue weighted by atomic mass is 9.82. The largest absolute Gasteiger partial charge is 0.294 e. The molecule has 0 radical (unpaired) electrons. The predicted molar refractivity (Wildman–Crippen MR) is 185 cm³/mol. The van der Waals surface area contributed by atoms with Crippen molar-refractivity contribution < 1.29 is 32.6 Å². The third kappa shape index (κ3) is 14.6. The summed E-state index contributed by atoms with van der Waals surface area (Å²) in [5, 5.41) is 10.8. The summed E-state index contributed by atoms with van der Waals surface area (Å²) < 4.78 is 29.6. The fraction of sp³-hybridized carbons (Fsp3) is 0.389. The lowest BCUT2D eigenvalue weighted by Gasteiger charge is -2.30. The number of hydrogen-bond acceptors (Lipinski definition) is 7. The summed E-state index contributed by atoms with van der Waals surface area (Å²) in [5.74, 6) is -2.56. The predicted octanol–water partition coefficient (Wildman–Crippen LogP) is 5.66. The van der Waals surface area contributed by atoms with Gasteiger partial charge in [-0.05, 0) is 67.3 Å². The molecule has 260 valence electrons. The Kier molecular flexibility index (Phi) is 16.6. The topological polar surface area (TPSA) is 166 Å². The average molecular weight is 681 g/mol. The van der Waals surface area contributed by atoms with E-state index in [1.54, 1.807) is 30.0 Å². The SMILES string of the molecule is CC(C)C[C@@H](C(=O)NN(CC(C)C)C(=O)CCc1cccnc1)[C@H](C/C=C/c1ccccc1)C(=O)NO.Cc1ccc(S(=O)(=O)O)cc1. The van der Waals surface area contributed by atoms with Gasteiger partial charge in [0.15, 0.2) is 0 Å². The normalized spacial score (nSPS) is 12.6. The van der Waals surface area contributed by atoms with Crippen LogP contribution < -0.4 is 10.9 Å². The van der Waals surface area contributed by atoms with Gasteiger partial charge < -0.3 is 0 Å². The van der Waals surface area contributed by atoms with Crippen molar-refractivity contribution in [2.45, 2.75) is 65.2 Å². The molecule has 0 saturated carbocycles. The molecule has 12 heteroatoms. The van der Waals surface area contributed by atoms with Crippen LogP contribution in [-0.4, -0.2) is 52.4 Å². The van der Waals surface area contributed by atoms with E-state index in [9.17, 15) is 28.0 Å². The van der Waals surface area contributed by atoms with Gasteiger partial charge in [0.2, 0.25) is 17.7 Å². The number of carbonyl (C=O) groups excluding carboxylic acids is 3. The van der Waals surface area contributed by atoms with Crippen molar-refractivity contribution in [2.24, 2.45) is 23.7 Å². The quantitative estimate of drug-likeness (QED) is 0.0962. The minimum absolute atomic E-state index is 0.0666. The standard InChI is InChI=1S/C29H40N4O4.C7H8O3S/c1-21(2)18-26(25(29(36)32-37)14-8-12-23-10-6-5-7-11-23)28(35)31-33(20-22(3)4)27(34)16-15-24-13-9-17-30-19-24;1-6-2-4-7(5-3-6)11(8,9)10/h5-13,17,19,21-22,25-26,37H,14-16,18,20H2,1-4H3,(H,31,35)(H,32,36);2-5H,1H3,(H,8,9,10)/b12-8+;/t25-,26+;/m0./s1. The first-order chi connectivity index (χ1) is 22.7. The molecule has 0 unspecified atom stereocenters. The Morgan fingerprint density at radius 2 is 1.56 bits per heavy atom. The van der Waals surface area contributed by atoms with Gasteiger partial charge in [-0.15, -0.1) is 0 Å². The Balaban J connectivity index is 0.000000613. The second-order valence-corrected chi connectivity index (χ2v) is 13.8. The van der Waals surface area contributed by atoms with Gasteiger partial charge in [0.1, 0.15) is 0 Å². The van der Waals surface area contributed by atoms with Crippen LogP contribution in [0, 0.1) is 30.6 Å². The second-order valence-electron chi connectivity index (χ2n) is 12.4. The maximum absolute atomic E-state index is 13.5. The van der Waals surface area contributed by atoms with Crippen LogP contribution in [0.5, 0.6) is 0 Å². The van der Waals surface area contributed by atoms with Gasteiger partial charge in [-0.3, -0.25) is 39.6 Å². The van der Waals surface area contributed by atoms with E-state index in [1.807, 2.05) is 89.2 Å². The molecule has 3 rings (SSSR count). The van der Waals surface area contributed by atoms with Gasteiger partial charge in [-0.2, -0.15) is 8.42 Å². The van der Waals surface area contributed by atoms with Crippen molar-refractivity contribution in [1.82, 2.24) is 20.9 Å². The zero-order valence-corrected chi connectivity index (χ0v) is 29.1. The van der Waals surface area contributed by atoms with Crippen LogP contribution in [0.4, 0.5) is 0 Å². The summed E-state index contributed by atoms with van der Waals surface area (Å²) in [6.45, 7) is 10.1. The number of hydrogen-bond donors (Lipinski definition) is 4. The molecule has 0 spiro atoms. The highest BCUT2D eigenvalue weighted by Crippen LogP contribution is 2.26. The molecule has 48 heavy (non-hydrogen) atoms. The number of amides is 3. The van der Waals surface area contributed by atoms with Crippen molar-refractivity contribution in [2.75, 3.05) is 6.54 Å². The molecule has 0 fully saturated rings. The summed E-state index contributed by atoms with van der Waals surface area (Å²) in [6, 6.07) is 19.4. The average Bonchev–Trinajstić information content (AvgIpc) is 3.04. The minimum atomic E-state index is -4.02. The number of rotatable bonds is 14. The zero-order valence-electron chi connectivity index (χ0n) is 28.2. The maximum Gasteiger partial charge on any atom is 0.294 e. The second kappa shape index (κ2) is 20.1. The highest BCUT2D eigenvalue weighted by atomic mass is 32.2. The smallest absolute Gasteiger partial charge is 0.289 e. The fourth-order valence-electron chi connectivity index (χ4n) is 4.85. The maximum atomic E-state index is 13.5. The van der Waals surface area contributed by atoms with Gasteiger partial charge in [0.25, 0.3) is 10.1 Å². The lowest BCUT2D eigenvalue weighted by Crippen LogP contribution is -2.52. The Bertz CT molecular complexity index is 1560. The number of carbonyl (C=O) groups is 3. The molecular weight excluding hydrogens is 632 g/mol. The lowest BCUT2D eigenvalue weighted by molar-refractivity contribution is -0.147. The molecular formula is C36H48N4O7S. The van der Waals surface area contributed by atoms with E-state index >= 15 is 0 Å². The Hall–Kier alpha value is -4.39. The first kappa shape index (κ1) is 39.8. The molecule has 11 nitrogen and oxygen atoms in total. The van der Waals surface area contributed by atoms with Gasteiger partial charge in [0, 0.05) is 25.4 Å². The molecule has 0 aliphatic rings. The van der Waals surface area contributed by atoms with Crippen LogP contribution in [0.15, 0.2) is 90.1 Å². The number of nitrogens with zero attached hydrogens (tertiary/aromatic N) is 2. The van der Waals surface area contributed by atoms with E-state index in [-0.39, 0.29) is 35.5 Å². The van der Waals surface area contributed by atoms with Crippen molar-refractivity contribution in [3.05, 3.63) is 102 Å². The molecule has 2 atom stereocenters. The molecule has 4 N–H and O–H groups in total. The van der Waals surface area contributed by atoms with Crippen molar-refractivity contribution in [3.8, 4) is 0 Å². The Morgan fingerprint density at radius 3 is 2.10 bits per heavy atom. The first-order valence-electron chi connectivity index (χ1n) is 15.9. The third-order valence-electron chi connectivity index (χ3n) is 7.26. The van der Waals surface area contributed by atoms with Gasteiger partial charge in [-0.1, -0.05) is 93.9 Å². The Labute approximate surface area is 284 Å². The van der Waals surface area contributed by atoms with Crippen LogP contribution in [0.1, 0.15) is 63.6 Å². The number of aromatic nitrogens is 1. The highest BCUT2D eigenvalue weighted by molar-refractivity contribution is 7.85. The summed E-state index contributed by atoms with van der Waals surface area (Å²) in [4.78, 5) is 43.3. The van der Waals surface area contributed by atoms with E-state index in [2.05, 4.69) is 10.4 Å². The van der Waals surface area contributed by atoms with Crippen LogP contribution in [0.25, 0.3) is 6.08 Å². The number of pyridine rings is 1. The molecule has 1 aromatic heterocycles. The number of benzene rings is 2. The number of hydroxylamine groups is 1. The number of nitrogens with one attached hydrogen (secondary N) is 2. The third-order valence-corrected chi connectivity index (χ3v) is 8.13. The van der Waals surface area contributed by atoms with Crippen molar-refractivity contribution in [3.63, 3.8) is 0 Å². The zero-order chi connectivity index (χ0) is 35.7. The molecule has 0 bridgehead atoms. The number of aryl methyl sites for hydroxylation is 2. The fourth-order valence-corrected chi connectivity index (χ4v) is 5.33. The first-order valence-corrected chi connectivity index (χ1v) is 17.3. The van der Waals surface area contributed by atoms with Gasteiger partial charge in [-0.25, -0.2) is 5.48 Å².